The quantitative estimate of drug-likeness (QED) is 0.698. The van der Waals surface area contributed by atoms with Crippen LogP contribution in [0.4, 0.5) is 5.82 Å². The van der Waals surface area contributed by atoms with Gasteiger partial charge in [-0.15, -0.1) is 22.7 Å². The van der Waals surface area contributed by atoms with Crippen LogP contribution in [0.15, 0.2) is 12.1 Å². The maximum Gasteiger partial charge on any atom is 0.261 e. The molecule has 3 aromatic rings. The fourth-order valence-corrected chi connectivity index (χ4v) is 6.43. The number of fused-ring (bicyclic) bond motifs is 3. The number of hydrogen-bond acceptors (Lipinski definition) is 6. The molecule has 2 aliphatic rings. The Morgan fingerprint density at radius 3 is 2.71 bits per heavy atom. The van der Waals surface area contributed by atoms with Gasteiger partial charge >= 0.3 is 0 Å². The molecule has 4 heterocycles. The Hall–Kier alpha value is -1.99. The monoisotopic (exact) mass is 412 g/mol. The average Bonchev–Trinajstić information content (AvgIpc) is 3.37. The molecule has 0 radical (unpaired) electrons. The summed E-state index contributed by atoms with van der Waals surface area (Å²) >= 11 is 3.41. The van der Waals surface area contributed by atoms with E-state index < -0.39 is 0 Å². The summed E-state index contributed by atoms with van der Waals surface area (Å²) in [6.45, 7) is 5.87. The molecule has 1 aliphatic carbocycles. The average molecular weight is 413 g/mol. The standard InChI is InChI=1S/C21H24N4OS2/c1-12-6-7-17(27-12)20(26)24-14-8-10-25(11-9-14)19-18-15-4-3-5-16(15)28-21(18)23-13(2)22-19/h6-7,14H,3-5,8-11H2,1-2H3,(H,24,26). The highest BCUT2D eigenvalue weighted by Crippen LogP contribution is 2.41. The molecule has 3 aromatic heterocycles. The molecule has 0 bridgehead atoms. The fourth-order valence-electron chi connectivity index (χ4n) is 4.36. The van der Waals surface area contributed by atoms with E-state index in [1.54, 1.807) is 11.3 Å². The van der Waals surface area contributed by atoms with E-state index in [4.69, 9.17) is 9.97 Å². The molecular formula is C21H24N4OS2. The molecule has 0 spiro atoms. The van der Waals surface area contributed by atoms with Gasteiger partial charge in [0.05, 0.1) is 10.3 Å². The lowest BCUT2D eigenvalue weighted by molar-refractivity contribution is 0.0935. The van der Waals surface area contributed by atoms with Gasteiger partial charge in [0, 0.05) is 28.9 Å². The van der Waals surface area contributed by atoms with Gasteiger partial charge in [0.15, 0.2) is 0 Å². The van der Waals surface area contributed by atoms with Crippen LogP contribution in [0.3, 0.4) is 0 Å². The number of piperidine rings is 1. The van der Waals surface area contributed by atoms with Crippen molar-refractivity contribution in [2.24, 2.45) is 0 Å². The van der Waals surface area contributed by atoms with Crippen molar-refractivity contribution >= 4 is 44.6 Å². The first-order valence-corrected chi connectivity index (χ1v) is 11.6. The highest BCUT2D eigenvalue weighted by Gasteiger charge is 2.27. The van der Waals surface area contributed by atoms with Crippen LogP contribution in [0.2, 0.25) is 0 Å². The topological polar surface area (TPSA) is 58.1 Å². The predicted molar refractivity (Wildman–Crippen MR) is 116 cm³/mol. The molecule has 1 amide bonds. The van der Waals surface area contributed by atoms with Gasteiger partial charge in [-0.3, -0.25) is 4.79 Å². The van der Waals surface area contributed by atoms with Crippen LogP contribution < -0.4 is 10.2 Å². The van der Waals surface area contributed by atoms with Gasteiger partial charge in [0.1, 0.15) is 16.5 Å². The summed E-state index contributed by atoms with van der Waals surface area (Å²) in [6.07, 6.45) is 5.49. The minimum Gasteiger partial charge on any atom is -0.356 e. The molecule has 1 saturated heterocycles. The third kappa shape index (κ3) is 3.20. The second-order valence-electron chi connectivity index (χ2n) is 7.78. The summed E-state index contributed by atoms with van der Waals surface area (Å²) in [5.74, 6) is 2.03. The molecule has 5 nitrogen and oxygen atoms in total. The normalized spacial score (nSPS) is 17.3. The summed E-state index contributed by atoms with van der Waals surface area (Å²) in [6, 6.07) is 4.16. The largest absolute Gasteiger partial charge is 0.356 e. The fraction of sp³-hybridized carbons (Fsp3) is 0.476. The predicted octanol–water partition coefficient (Wildman–Crippen LogP) is 4.26. The van der Waals surface area contributed by atoms with Crippen molar-refractivity contribution in [3.05, 3.63) is 38.2 Å². The maximum atomic E-state index is 12.5. The van der Waals surface area contributed by atoms with E-state index in [0.717, 1.165) is 53.7 Å². The number of carbonyl (C=O) groups is 1. The van der Waals surface area contributed by atoms with Crippen molar-refractivity contribution in [2.75, 3.05) is 18.0 Å². The van der Waals surface area contributed by atoms with Gasteiger partial charge in [-0.25, -0.2) is 9.97 Å². The number of rotatable bonds is 3. The minimum atomic E-state index is 0.0625. The number of anilines is 1. The van der Waals surface area contributed by atoms with E-state index in [1.807, 2.05) is 37.3 Å². The molecule has 0 atom stereocenters. The van der Waals surface area contributed by atoms with Gasteiger partial charge < -0.3 is 10.2 Å². The van der Waals surface area contributed by atoms with E-state index in [-0.39, 0.29) is 11.9 Å². The van der Waals surface area contributed by atoms with Gasteiger partial charge in [0.25, 0.3) is 5.91 Å². The van der Waals surface area contributed by atoms with E-state index in [1.165, 1.54) is 33.5 Å². The van der Waals surface area contributed by atoms with Crippen LogP contribution in [0.1, 0.15) is 50.1 Å². The lowest BCUT2D eigenvalue weighted by Crippen LogP contribution is -2.45. The number of amides is 1. The number of nitrogens with zero attached hydrogens (tertiary/aromatic N) is 3. The van der Waals surface area contributed by atoms with Crippen molar-refractivity contribution in [1.82, 2.24) is 15.3 Å². The third-order valence-electron chi connectivity index (χ3n) is 5.75. The van der Waals surface area contributed by atoms with Crippen molar-refractivity contribution in [3.63, 3.8) is 0 Å². The highest BCUT2D eigenvalue weighted by molar-refractivity contribution is 7.19. The van der Waals surface area contributed by atoms with Crippen molar-refractivity contribution in [2.45, 2.75) is 52.0 Å². The Morgan fingerprint density at radius 1 is 1.14 bits per heavy atom. The zero-order chi connectivity index (χ0) is 19.3. The molecule has 0 unspecified atom stereocenters. The molecule has 7 heteroatoms. The number of aryl methyl sites for hydroxylation is 4. The molecule has 0 aromatic carbocycles. The van der Waals surface area contributed by atoms with Crippen molar-refractivity contribution in [3.8, 4) is 0 Å². The van der Waals surface area contributed by atoms with E-state index >= 15 is 0 Å². The maximum absolute atomic E-state index is 12.5. The molecule has 0 saturated carbocycles. The number of aromatic nitrogens is 2. The summed E-state index contributed by atoms with van der Waals surface area (Å²) < 4.78 is 0. The molecule has 146 valence electrons. The lowest BCUT2D eigenvalue weighted by Gasteiger charge is -2.33. The van der Waals surface area contributed by atoms with Crippen molar-refractivity contribution in [1.29, 1.82) is 0 Å². The highest BCUT2D eigenvalue weighted by atomic mass is 32.1. The zero-order valence-corrected chi connectivity index (χ0v) is 17.9. The number of hydrogen-bond donors (Lipinski definition) is 1. The van der Waals surface area contributed by atoms with Crippen LogP contribution in [-0.4, -0.2) is 35.0 Å². The Morgan fingerprint density at radius 2 is 1.96 bits per heavy atom. The Bertz CT molecular complexity index is 1050. The van der Waals surface area contributed by atoms with Crippen LogP contribution in [0.25, 0.3) is 10.2 Å². The molecule has 1 aliphatic heterocycles. The lowest BCUT2D eigenvalue weighted by atomic mass is 10.0. The van der Waals surface area contributed by atoms with E-state index in [0.29, 0.717) is 0 Å². The third-order valence-corrected chi connectivity index (χ3v) is 7.94. The summed E-state index contributed by atoms with van der Waals surface area (Å²) in [5, 5.41) is 4.51. The Balaban J connectivity index is 1.33. The first-order chi connectivity index (χ1) is 13.6. The van der Waals surface area contributed by atoms with Gasteiger partial charge in [-0.1, -0.05) is 0 Å². The minimum absolute atomic E-state index is 0.0625. The second kappa shape index (κ2) is 7.12. The van der Waals surface area contributed by atoms with Gasteiger partial charge in [-0.2, -0.15) is 0 Å². The van der Waals surface area contributed by atoms with Crippen LogP contribution in [0.5, 0.6) is 0 Å². The van der Waals surface area contributed by atoms with E-state index in [2.05, 4.69) is 10.2 Å². The van der Waals surface area contributed by atoms with Crippen LogP contribution in [-0.2, 0) is 12.8 Å². The van der Waals surface area contributed by atoms with Gasteiger partial charge in [-0.05, 0) is 63.6 Å². The molecule has 5 rings (SSSR count). The molecule has 1 N–H and O–H groups in total. The zero-order valence-electron chi connectivity index (χ0n) is 16.2. The smallest absolute Gasteiger partial charge is 0.261 e. The summed E-state index contributed by atoms with van der Waals surface area (Å²) in [4.78, 5) is 29.0. The molecule has 1 fully saturated rings. The first-order valence-electron chi connectivity index (χ1n) is 9.99. The van der Waals surface area contributed by atoms with Crippen LogP contribution >= 0.6 is 22.7 Å². The molecule has 28 heavy (non-hydrogen) atoms. The first kappa shape index (κ1) is 18.1. The number of thiophene rings is 2. The van der Waals surface area contributed by atoms with E-state index in [9.17, 15) is 4.79 Å². The number of nitrogens with one attached hydrogen (secondary N) is 1. The summed E-state index contributed by atoms with van der Waals surface area (Å²) in [7, 11) is 0. The summed E-state index contributed by atoms with van der Waals surface area (Å²) in [5.41, 5.74) is 1.48. The molecular weight excluding hydrogens is 388 g/mol. The number of carbonyl (C=O) groups excluding carboxylic acids is 1. The van der Waals surface area contributed by atoms with Crippen LogP contribution in [0, 0.1) is 13.8 Å². The Kier molecular flexibility index (Phi) is 4.59. The Labute approximate surface area is 172 Å². The SMILES string of the molecule is Cc1nc(N2CCC(NC(=O)c3ccc(C)s3)CC2)c2c3c(sc2n1)CCC3. The van der Waals surface area contributed by atoms with Gasteiger partial charge in [0.2, 0.25) is 0 Å². The van der Waals surface area contributed by atoms with Crippen molar-refractivity contribution < 1.29 is 4.79 Å². The second-order valence-corrected chi connectivity index (χ2v) is 10.1.